The van der Waals surface area contributed by atoms with E-state index < -0.39 is 0 Å². The summed E-state index contributed by atoms with van der Waals surface area (Å²) in [4.78, 5) is 8.21. The SMILES string of the molecule is C=CCc1cc(N)ccc1Oc1cc(SC)ncn1. The second-order valence-electron chi connectivity index (χ2n) is 3.86. The Balaban J connectivity index is 2.28. The summed E-state index contributed by atoms with van der Waals surface area (Å²) in [6.07, 6.45) is 5.96. The maximum absolute atomic E-state index is 5.79. The summed E-state index contributed by atoms with van der Waals surface area (Å²) >= 11 is 1.54. The molecule has 0 amide bonds. The van der Waals surface area contributed by atoms with Crippen LogP contribution in [0.2, 0.25) is 0 Å². The zero-order chi connectivity index (χ0) is 13.7. The van der Waals surface area contributed by atoms with Gasteiger partial charge in [0.1, 0.15) is 17.1 Å². The molecule has 2 rings (SSSR count). The Morgan fingerprint density at radius 1 is 1.37 bits per heavy atom. The lowest BCUT2D eigenvalue weighted by molar-refractivity contribution is 0.454. The lowest BCUT2D eigenvalue weighted by Crippen LogP contribution is -1.95. The Morgan fingerprint density at radius 2 is 2.21 bits per heavy atom. The van der Waals surface area contributed by atoms with Gasteiger partial charge in [-0.05, 0) is 30.9 Å². The minimum absolute atomic E-state index is 0.523. The highest BCUT2D eigenvalue weighted by Crippen LogP contribution is 2.27. The standard InChI is InChI=1S/C14H15N3OS/c1-3-4-10-7-11(15)5-6-12(10)18-13-8-14(19-2)17-9-16-13/h3,5-9H,1,4,15H2,2H3. The van der Waals surface area contributed by atoms with Crippen molar-refractivity contribution in [3.05, 3.63) is 48.8 Å². The average Bonchev–Trinajstić information content (AvgIpc) is 2.42. The van der Waals surface area contributed by atoms with Gasteiger partial charge in [0.2, 0.25) is 5.88 Å². The van der Waals surface area contributed by atoms with Crippen molar-refractivity contribution in [2.45, 2.75) is 11.4 Å². The summed E-state index contributed by atoms with van der Waals surface area (Å²) in [5, 5.41) is 0.866. The summed E-state index contributed by atoms with van der Waals surface area (Å²) < 4.78 is 5.79. The fourth-order valence-corrected chi connectivity index (χ4v) is 1.99. The van der Waals surface area contributed by atoms with E-state index >= 15 is 0 Å². The van der Waals surface area contributed by atoms with Crippen LogP contribution in [0.25, 0.3) is 0 Å². The maximum atomic E-state index is 5.79. The van der Waals surface area contributed by atoms with Crippen molar-refractivity contribution in [1.29, 1.82) is 0 Å². The number of nitrogen functional groups attached to an aromatic ring is 1. The predicted molar refractivity (Wildman–Crippen MR) is 78.6 cm³/mol. The predicted octanol–water partition coefficient (Wildman–Crippen LogP) is 3.30. The van der Waals surface area contributed by atoms with Crippen LogP contribution in [0, 0.1) is 0 Å². The molecule has 0 atom stereocenters. The van der Waals surface area contributed by atoms with Crippen molar-refractivity contribution in [1.82, 2.24) is 9.97 Å². The number of hydrogen-bond acceptors (Lipinski definition) is 5. The monoisotopic (exact) mass is 273 g/mol. The molecule has 0 aliphatic carbocycles. The Bertz CT molecular complexity index is 587. The molecule has 2 aromatic rings. The first-order valence-electron chi connectivity index (χ1n) is 5.76. The largest absolute Gasteiger partial charge is 0.439 e. The Kier molecular flexibility index (Phi) is 4.41. The summed E-state index contributed by atoms with van der Waals surface area (Å²) in [5.41, 5.74) is 7.47. The molecule has 0 aliphatic rings. The molecule has 98 valence electrons. The lowest BCUT2D eigenvalue weighted by Gasteiger charge is -2.10. The molecular formula is C14H15N3OS. The number of rotatable bonds is 5. The molecule has 19 heavy (non-hydrogen) atoms. The third-order valence-corrected chi connectivity index (χ3v) is 3.13. The van der Waals surface area contributed by atoms with Gasteiger partial charge in [0.25, 0.3) is 0 Å². The van der Waals surface area contributed by atoms with Crippen LogP contribution in [0.3, 0.4) is 0 Å². The van der Waals surface area contributed by atoms with E-state index in [1.54, 1.807) is 23.9 Å². The second kappa shape index (κ2) is 6.24. The van der Waals surface area contributed by atoms with Gasteiger partial charge in [0, 0.05) is 17.3 Å². The third kappa shape index (κ3) is 3.48. The first-order valence-corrected chi connectivity index (χ1v) is 6.98. The highest BCUT2D eigenvalue weighted by Gasteiger charge is 2.06. The van der Waals surface area contributed by atoms with Crippen molar-refractivity contribution >= 4 is 17.4 Å². The summed E-state index contributed by atoms with van der Waals surface area (Å²) in [6, 6.07) is 7.33. The van der Waals surface area contributed by atoms with Gasteiger partial charge in [0.05, 0.1) is 0 Å². The van der Waals surface area contributed by atoms with Crippen LogP contribution in [-0.4, -0.2) is 16.2 Å². The molecule has 4 nitrogen and oxygen atoms in total. The second-order valence-corrected chi connectivity index (χ2v) is 4.69. The van der Waals surface area contributed by atoms with Crippen molar-refractivity contribution in [2.24, 2.45) is 0 Å². The Morgan fingerprint density at radius 3 is 2.95 bits per heavy atom. The average molecular weight is 273 g/mol. The van der Waals surface area contributed by atoms with Crippen LogP contribution in [-0.2, 0) is 6.42 Å². The van der Waals surface area contributed by atoms with Crippen molar-refractivity contribution < 1.29 is 4.74 Å². The van der Waals surface area contributed by atoms with Gasteiger partial charge < -0.3 is 10.5 Å². The van der Waals surface area contributed by atoms with Crippen molar-refractivity contribution in [3.63, 3.8) is 0 Å². The normalized spacial score (nSPS) is 10.2. The molecule has 1 aromatic heterocycles. The highest BCUT2D eigenvalue weighted by atomic mass is 32.2. The number of aromatic nitrogens is 2. The molecule has 0 fully saturated rings. The first kappa shape index (κ1) is 13.4. The molecule has 0 saturated heterocycles. The molecule has 0 aliphatic heterocycles. The molecule has 5 heteroatoms. The van der Waals surface area contributed by atoms with E-state index in [1.807, 2.05) is 24.5 Å². The minimum Gasteiger partial charge on any atom is -0.439 e. The number of nitrogens with zero attached hydrogens (tertiary/aromatic N) is 2. The van der Waals surface area contributed by atoms with Crippen LogP contribution >= 0.6 is 11.8 Å². The Hall–Kier alpha value is -2.01. The maximum Gasteiger partial charge on any atom is 0.223 e. The number of benzene rings is 1. The van der Waals surface area contributed by atoms with Gasteiger partial charge in [-0.2, -0.15) is 0 Å². The Labute approximate surface area is 116 Å². The quantitative estimate of drug-likeness (QED) is 0.392. The number of thioether (sulfide) groups is 1. The van der Waals surface area contributed by atoms with E-state index in [2.05, 4.69) is 16.5 Å². The van der Waals surface area contributed by atoms with Crippen LogP contribution in [0.5, 0.6) is 11.6 Å². The molecule has 0 radical (unpaired) electrons. The molecule has 0 bridgehead atoms. The van der Waals surface area contributed by atoms with Gasteiger partial charge in [-0.1, -0.05) is 6.08 Å². The van der Waals surface area contributed by atoms with E-state index in [0.29, 0.717) is 18.0 Å². The van der Waals surface area contributed by atoms with E-state index in [4.69, 9.17) is 10.5 Å². The third-order valence-electron chi connectivity index (χ3n) is 2.49. The van der Waals surface area contributed by atoms with E-state index in [9.17, 15) is 0 Å². The van der Waals surface area contributed by atoms with Crippen LogP contribution < -0.4 is 10.5 Å². The van der Waals surface area contributed by atoms with Crippen LogP contribution in [0.4, 0.5) is 5.69 Å². The first-order chi connectivity index (χ1) is 9.22. The number of anilines is 1. The van der Waals surface area contributed by atoms with E-state index in [0.717, 1.165) is 16.3 Å². The van der Waals surface area contributed by atoms with Crippen molar-refractivity contribution in [3.8, 4) is 11.6 Å². The molecule has 0 saturated carbocycles. The topological polar surface area (TPSA) is 61.0 Å². The van der Waals surface area contributed by atoms with Gasteiger partial charge in [-0.25, -0.2) is 9.97 Å². The summed E-state index contributed by atoms with van der Waals surface area (Å²) in [5.74, 6) is 1.26. The molecule has 2 N–H and O–H groups in total. The number of allylic oxidation sites excluding steroid dienone is 1. The van der Waals surface area contributed by atoms with Crippen LogP contribution in [0.1, 0.15) is 5.56 Å². The zero-order valence-corrected chi connectivity index (χ0v) is 11.5. The highest BCUT2D eigenvalue weighted by molar-refractivity contribution is 7.98. The summed E-state index contributed by atoms with van der Waals surface area (Å²) in [7, 11) is 0. The fourth-order valence-electron chi connectivity index (χ4n) is 1.62. The molecule has 1 heterocycles. The van der Waals surface area contributed by atoms with Gasteiger partial charge in [-0.3, -0.25) is 0 Å². The number of nitrogens with two attached hydrogens (primary N) is 1. The minimum atomic E-state index is 0.523. The molecule has 1 aromatic carbocycles. The van der Waals surface area contributed by atoms with Gasteiger partial charge in [-0.15, -0.1) is 18.3 Å². The van der Waals surface area contributed by atoms with Crippen LogP contribution in [0.15, 0.2) is 48.3 Å². The van der Waals surface area contributed by atoms with E-state index in [1.165, 1.54) is 6.33 Å². The molecule has 0 spiro atoms. The number of hydrogen-bond donors (Lipinski definition) is 1. The molecule has 0 unspecified atom stereocenters. The van der Waals surface area contributed by atoms with E-state index in [-0.39, 0.29) is 0 Å². The fraction of sp³-hybridized carbons (Fsp3) is 0.143. The smallest absolute Gasteiger partial charge is 0.223 e. The lowest BCUT2D eigenvalue weighted by atomic mass is 10.1. The zero-order valence-electron chi connectivity index (χ0n) is 10.7. The number of ether oxygens (including phenoxy) is 1. The van der Waals surface area contributed by atoms with Gasteiger partial charge in [0.15, 0.2) is 0 Å². The van der Waals surface area contributed by atoms with Crippen molar-refractivity contribution in [2.75, 3.05) is 12.0 Å². The molecular weight excluding hydrogens is 258 g/mol. The van der Waals surface area contributed by atoms with Gasteiger partial charge >= 0.3 is 0 Å². The summed E-state index contributed by atoms with van der Waals surface area (Å²) in [6.45, 7) is 3.74.